The number of thiocarbonyl (C=S) groups is 1. The molecule has 1 amide bonds. The first-order chi connectivity index (χ1) is 11.3. The molecule has 24 heavy (non-hydrogen) atoms. The highest BCUT2D eigenvalue weighted by Gasteiger charge is 2.14. The number of nitrogens with one attached hydrogen (secondary N) is 2. The van der Waals surface area contributed by atoms with Gasteiger partial charge in [-0.25, -0.2) is 0 Å². The molecule has 2 N–H and O–H groups in total. The minimum absolute atomic E-state index is 0.0144. The zero-order valence-corrected chi connectivity index (χ0v) is 15.6. The van der Waals surface area contributed by atoms with Crippen LogP contribution in [0.3, 0.4) is 0 Å². The standard InChI is InChI=1S/C14H8BrCl2N3O3S/c15-10-6-8(20(22)23)2-4-12(10)18-14(24)19-13(21)9-3-1-7(16)5-11(9)17/h1-6H,(H2,18,19,21,24). The number of benzene rings is 2. The highest BCUT2D eigenvalue weighted by atomic mass is 79.9. The molecule has 0 aliphatic heterocycles. The number of nitrogens with zero attached hydrogens (tertiary/aromatic N) is 1. The number of hydrogen-bond acceptors (Lipinski definition) is 4. The van der Waals surface area contributed by atoms with Gasteiger partial charge in [0.15, 0.2) is 5.11 Å². The monoisotopic (exact) mass is 447 g/mol. The van der Waals surface area contributed by atoms with E-state index in [1.54, 1.807) is 0 Å². The lowest BCUT2D eigenvalue weighted by Gasteiger charge is -2.11. The highest BCUT2D eigenvalue weighted by Crippen LogP contribution is 2.27. The van der Waals surface area contributed by atoms with Gasteiger partial charge in [-0.1, -0.05) is 23.2 Å². The molecule has 0 heterocycles. The van der Waals surface area contributed by atoms with Crippen LogP contribution in [0.15, 0.2) is 40.9 Å². The van der Waals surface area contributed by atoms with Gasteiger partial charge in [-0.05, 0) is 52.4 Å². The number of carbonyl (C=O) groups excluding carboxylic acids is 1. The Bertz CT molecular complexity index is 848. The summed E-state index contributed by atoms with van der Waals surface area (Å²) < 4.78 is 0.429. The van der Waals surface area contributed by atoms with Gasteiger partial charge in [-0.3, -0.25) is 20.2 Å². The van der Waals surface area contributed by atoms with E-state index in [4.69, 9.17) is 35.4 Å². The summed E-state index contributed by atoms with van der Waals surface area (Å²) in [5.41, 5.74) is 0.608. The van der Waals surface area contributed by atoms with Gasteiger partial charge >= 0.3 is 0 Å². The van der Waals surface area contributed by atoms with E-state index >= 15 is 0 Å². The molecule has 0 bridgehead atoms. The molecule has 0 spiro atoms. The van der Waals surface area contributed by atoms with Crippen molar-refractivity contribution < 1.29 is 9.72 Å². The molecular formula is C14H8BrCl2N3O3S. The van der Waals surface area contributed by atoms with E-state index in [2.05, 4.69) is 26.6 Å². The summed E-state index contributed by atoms with van der Waals surface area (Å²) in [4.78, 5) is 22.3. The van der Waals surface area contributed by atoms with Gasteiger partial charge in [0.05, 0.1) is 21.2 Å². The van der Waals surface area contributed by atoms with Gasteiger partial charge in [-0.2, -0.15) is 0 Å². The second-order valence-corrected chi connectivity index (χ2v) is 6.56. The first-order valence-electron chi connectivity index (χ1n) is 6.29. The van der Waals surface area contributed by atoms with Gasteiger partial charge in [0.25, 0.3) is 11.6 Å². The van der Waals surface area contributed by atoms with E-state index in [1.165, 1.54) is 36.4 Å². The normalized spacial score (nSPS) is 10.1. The predicted molar refractivity (Wildman–Crippen MR) is 101 cm³/mol. The maximum Gasteiger partial charge on any atom is 0.270 e. The van der Waals surface area contributed by atoms with Crippen molar-refractivity contribution in [2.75, 3.05) is 5.32 Å². The number of anilines is 1. The zero-order chi connectivity index (χ0) is 17.9. The van der Waals surface area contributed by atoms with E-state index in [9.17, 15) is 14.9 Å². The van der Waals surface area contributed by atoms with Crippen molar-refractivity contribution in [2.24, 2.45) is 0 Å². The second kappa shape index (κ2) is 7.89. The summed E-state index contributed by atoms with van der Waals surface area (Å²) >= 11 is 20.0. The molecule has 0 aromatic heterocycles. The number of carbonyl (C=O) groups is 1. The largest absolute Gasteiger partial charge is 0.331 e. The van der Waals surface area contributed by atoms with Gasteiger partial charge in [0.1, 0.15) is 0 Å². The predicted octanol–water partition coefficient (Wildman–Crippen LogP) is 4.79. The van der Waals surface area contributed by atoms with Crippen molar-refractivity contribution in [3.05, 3.63) is 66.6 Å². The minimum Gasteiger partial charge on any atom is -0.331 e. The molecule has 0 radical (unpaired) electrons. The third-order valence-electron chi connectivity index (χ3n) is 2.81. The molecule has 10 heteroatoms. The van der Waals surface area contributed by atoms with Crippen LogP contribution in [0.5, 0.6) is 0 Å². The molecule has 0 saturated carbocycles. The van der Waals surface area contributed by atoms with Crippen molar-refractivity contribution in [3.8, 4) is 0 Å². The van der Waals surface area contributed by atoms with Crippen molar-refractivity contribution >= 4 is 73.7 Å². The van der Waals surface area contributed by atoms with Gasteiger partial charge in [0.2, 0.25) is 0 Å². The Morgan fingerprint density at radius 1 is 1.21 bits per heavy atom. The Morgan fingerprint density at radius 2 is 1.92 bits per heavy atom. The zero-order valence-electron chi connectivity index (χ0n) is 11.7. The second-order valence-electron chi connectivity index (χ2n) is 4.45. The molecule has 6 nitrogen and oxygen atoms in total. The number of non-ortho nitro benzene ring substituents is 1. The van der Waals surface area contributed by atoms with Crippen LogP contribution >= 0.6 is 51.3 Å². The molecule has 0 saturated heterocycles. The quantitative estimate of drug-likeness (QED) is 0.400. The van der Waals surface area contributed by atoms with Gasteiger partial charge in [-0.15, -0.1) is 0 Å². The van der Waals surface area contributed by atoms with Gasteiger partial charge < -0.3 is 5.32 Å². The van der Waals surface area contributed by atoms with E-state index in [1.807, 2.05) is 0 Å². The fourth-order valence-electron chi connectivity index (χ4n) is 1.72. The fraction of sp³-hybridized carbons (Fsp3) is 0. The SMILES string of the molecule is O=C(NC(=S)Nc1ccc([N+](=O)[O-])cc1Br)c1ccc(Cl)cc1Cl. The van der Waals surface area contributed by atoms with Crippen LogP contribution in [0, 0.1) is 10.1 Å². The van der Waals surface area contributed by atoms with E-state index in [0.29, 0.717) is 15.2 Å². The summed E-state index contributed by atoms with van der Waals surface area (Å²) in [6.45, 7) is 0. The average Bonchev–Trinajstić information content (AvgIpc) is 2.48. The van der Waals surface area contributed by atoms with Crippen LogP contribution in [-0.2, 0) is 0 Å². The molecule has 124 valence electrons. The third-order valence-corrected chi connectivity index (χ3v) is 4.22. The van der Waals surface area contributed by atoms with Crippen LogP contribution in [0.2, 0.25) is 10.0 Å². The van der Waals surface area contributed by atoms with Crippen molar-refractivity contribution in [1.82, 2.24) is 5.32 Å². The molecule has 0 atom stereocenters. The van der Waals surface area contributed by atoms with E-state index in [0.717, 1.165) is 0 Å². The molecule has 0 fully saturated rings. The highest BCUT2D eigenvalue weighted by molar-refractivity contribution is 9.10. The molecule has 0 unspecified atom stereocenters. The number of rotatable bonds is 3. The average molecular weight is 449 g/mol. The number of amides is 1. The molecule has 2 aromatic rings. The first kappa shape index (κ1) is 18.6. The number of nitro benzene ring substituents is 1. The number of hydrogen-bond donors (Lipinski definition) is 2. The van der Waals surface area contributed by atoms with Crippen LogP contribution in [-0.4, -0.2) is 15.9 Å². The lowest BCUT2D eigenvalue weighted by atomic mass is 10.2. The van der Waals surface area contributed by atoms with Crippen molar-refractivity contribution in [2.45, 2.75) is 0 Å². The molecular weight excluding hydrogens is 441 g/mol. The summed E-state index contributed by atoms with van der Waals surface area (Å²) in [6, 6.07) is 8.56. The third kappa shape index (κ3) is 4.64. The van der Waals surface area contributed by atoms with Crippen molar-refractivity contribution in [3.63, 3.8) is 0 Å². The molecule has 0 aliphatic carbocycles. The lowest BCUT2D eigenvalue weighted by Crippen LogP contribution is -2.34. The maximum absolute atomic E-state index is 12.1. The number of halogens is 3. The Hall–Kier alpha value is -1.74. The minimum atomic E-state index is -0.517. The van der Waals surface area contributed by atoms with E-state index in [-0.39, 0.29) is 21.4 Å². The summed E-state index contributed by atoms with van der Waals surface area (Å²) in [6.07, 6.45) is 0. The first-order valence-corrected chi connectivity index (χ1v) is 8.25. The Balaban J connectivity index is 2.08. The molecule has 0 aliphatic rings. The summed E-state index contributed by atoms with van der Waals surface area (Å²) in [5.74, 6) is -0.507. The summed E-state index contributed by atoms with van der Waals surface area (Å²) in [5, 5.41) is 16.6. The lowest BCUT2D eigenvalue weighted by molar-refractivity contribution is -0.384. The van der Waals surface area contributed by atoms with Crippen molar-refractivity contribution in [1.29, 1.82) is 0 Å². The van der Waals surface area contributed by atoms with Crippen LogP contribution in [0.25, 0.3) is 0 Å². The van der Waals surface area contributed by atoms with Crippen LogP contribution in [0.1, 0.15) is 10.4 Å². The Labute approximate surface area is 160 Å². The van der Waals surface area contributed by atoms with Crippen LogP contribution in [0.4, 0.5) is 11.4 Å². The molecule has 2 aromatic carbocycles. The fourth-order valence-corrected chi connectivity index (χ4v) is 2.88. The molecule has 2 rings (SSSR count). The Morgan fingerprint density at radius 3 is 2.50 bits per heavy atom. The Kier molecular flexibility index (Phi) is 6.11. The number of nitro groups is 1. The van der Waals surface area contributed by atoms with E-state index < -0.39 is 10.8 Å². The van der Waals surface area contributed by atoms with Gasteiger partial charge in [0, 0.05) is 21.6 Å². The summed E-state index contributed by atoms with van der Waals surface area (Å²) in [7, 11) is 0. The smallest absolute Gasteiger partial charge is 0.270 e. The topological polar surface area (TPSA) is 84.3 Å². The maximum atomic E-state index is 12.1. The van der Waals surface area contributed by atoms with Crippen LogP contribution < -0.4 is 10.6 Å².